The first-order valence-electron chi connectivity index (χ1n) is 9.23. The molecule has 0 aromatic heterocycles. The van der Waals surface area contributed by atoms with Crippen molar-refractivity contribution in [2.45, 2.75) is 31.9 Å². The Morgan fingerprint density at radius 3 is 2.50 bits per heavy atom. The number of aliphatic hydroxyl groups is 1. The fraction of sp³-hybridized carbons (Fsp3) is 0.579. The number of hydrogen-bond donors (Lipinski definition) is 1. The zero-order valence-electron chi connectivity index (χ0n) is 15.8. The third kappa shape index (κ3) is 5.74. The van der Waals surface area contributed by atoms with Gasteiger partial charge >= 0.3 is 0 Å². The molecule has 6 nitrogen and oxygen atoms in total. The van der Waals surface area contributed by atoms with Gasteiger partial charge in [0, 0.05) is 46.2 Å². The summed E-state index contributed by atoms with van der Waals surface area (Å²) in [5.41, 5.74) is 0.818. The molecule has 2 unspecified atom stereocenters. The zero-order valence-corrected chi connectivity index (χ0v) is 18.1. The summed E-state index contributed by atoms with van der Waals surface area (Å²) in [5.74, 6) is 0.0411. The molecule has 0 bridgehead atoms. The Hall–Kier alpha value is -1.05. The number of hydrogen-bond acceptors (Lipinski definition) is 4. The van der Waals surface area contributed by atoms with Gasteiger partial charge in [0.05, 0.1) is 28.6 Å². The van der Waals surface area contributed by atoms with E-state index >= 15 is 0 Å². The van der Waals surface area contributed by atoms with Gasteiger partial charge in [0.15, 0.2) is 0 Å². The summed E-state index contributed by atoms with van der Waals surface area (Å²) < 4.78 is 0. The Labute approximate surface area is 181 Å². The van der Waals surface area contributed by atoms with Gasteiger partial charge in [-0.2, -0.15) is 0 Å². The molecule has 2 atom stereocenters. The van der Waals surface area contributed by atoms with E-state index in [2.05, 4.69) is 4.90 Å². The van der Waals surface area contributed by atoms with Crippen LogP contribution in [-0.2, 0) is 16.0 Å². The van der Waals surface area contributed by atoms with E-state index in [1.54, 1.807) is 24.0 Å². The van der Waals surface area contributed by atoms with Crippen molar-refractivity contribution in [1.82, 2.24) is 14.7 Å². The lowest BCUT2D eigenvalue weighted by atomic mass is 10.1. The standard InChI is InChI=1S/C19H25Cl2N3O3.ClH/c1-13(25)23-6-7-24(15(11-23)10-22-5-4-16(26)12-22)19(27)9-14-2-3-17(20)18(21)8-14;/h2-3,8,15-16,26H,4-7,9-12H2,1H3;1H. The minimum atomic E-state index is -0.308. The largest absolute Gasteiger partial charge is 0.392 e. The van der Waals surface area contributed by atoms with E-state index < -0.39 is 0 Å². The summed E-state index contributed by atoms with van der Waals surface area (Å²) in [7, 11) is 0. The quantitative estimate of drug-likeness (QED) is 0.763. The molecular weight excluding hydrogens is 425 g/mol. The normalized spacial score (nSPS) is 22.9. The molecule has 3 rings (SSSR count). The monoisotopic (exact) mass is 449 g/mol. The van der Waals surface area contributed by atoms with Crippen molar-refractivity contribution < 1.29 is 14.7 Å². The van der Waals surface area contributed by atoms with E-state index in [1.165, 1.54) is 0 Å². The van der Waals surface area contributed by atoms with Gasteiger partial charge in [0.1, 0.15) is 0 Å². The Kier molecular flexibility index (Phi) is 8.40. The maximum Gasteiger partial charge on any atom is 0.227 e. The first-order chi connectivity index (χ1) is 12.8. The Morgan fingerprint density at radius 1 is 1.14 bits per heavy atom. The number of aliphatic hydroxyl groups excluding tert-OH is 1. The minimum Gasteiger partial charge on any atom is -0.392 e. The first kappa shape index (κ1) is 23.2. The number of halogens is 3. The van der Waals surface area contributed by atoms with Gasteiger partial charge in [0.25, 0.3) is 0 Å². The number of amides is 2. The van der Waals surface area contributed by atoms with Crippen LogP contribution in [0.5, 0.6) is 0 Å². The van der Waals surface area contributed by atoms with E-state index in [9.17, 15) is 14.7 Å². The summed E-state index contributed by atoms with van der Waals surface area (Å²) in [4.78, 5) is 30.6. The van der Waals surface area contributed by atoms with Gasteiger partial charge in [0.2, 0.25) is 11.8 Å². The lowest BCUT2D eigenvalue weighted by Crippen LogP contribution is -2.59. The second-order valence-electron chi connectivity index (χ2n) is 7.33. The summed E-state index contributed by atoms with van der Waals surface area (Å²) in [6, 6.07) is 5.15. The van der Waals surface area contributed by atoms with Crippen molar-refractivity contribution >= 4 is 47.4 Å². The zero-order chi connectivity index (χ0) is 19.6. The number of nitrogens with zero attached hydrogens (tertiary/aromatic N) is 3. The third-order valence-electron chi connectivity index (χ3n) is 5.30. The van der Waals surface area contributed by atoms with Gasteiger partial charge in [-0.25, -0.2) is 0 Å². The number of carbonyl (C=O) groups excluding carboxylic acids is 2. The molecule has 2 saturated heterocycles. The molecule has 0 saturated carbocycles. The number of likely N-dealkylation sites (tertiary alicyclic amines) is 1. The second-order valence-corrected chi connectivity index (χ2v) is 8.15. The van der Waals surface area contributed by atoms with Crippen molar-refractivity contribution in [2.24, 2.45) is 0 Å². The fourth-order valence-corrected chi connectivity index (χ4v) is 4.15. The summed E-state index contributed by atoms with van der Waals surface area (Å²) in [6.07, 6.45) is 0.689. The van der Waals surface area contributed by atoms with Gasteiger partial charge in [-0.1, -0.05) is 29.3 Å². The fourth-order valence-electron chi connectivity index (χ4n) is 3.83. The lowest BCUT2D eigenvalue weighted by molar-refractivity contribution is -0.142. The van der Waals surface area contributed by atoms with Gasteiger partial charge < -0.3 is 14.9 Å². The molecule has 2 aliphatic heterocycles. The molecule has 0 aliphatic carbocycles. The highest BCUT2D eigenvalue weighted by Gasteiger charge is 2.34. The number of benzene rings is 1. The molecule has 1 N–H and O–H groups in total. The van der Waals surface area contributed by atoms with E-state index in [0.29, 0.717) is 42.8 Å². The highest BCUT2D eigenvalue weighted by molar-refractivity contribution is 6.42. The number of rotatable bonds is 4. The predicted octanol–water partition coefficient (Wildman–Crippen LogP) is 2.08. The molecule has 28 heavy (non-hydrogen) atoms. The van der Waals surface area contributed by atoms with Crippen LogP contribution < -0.4 is 0 Å². The van der Waals surface area contributed by atoms with E-state index in [1.807, 2.05) is 11.0 Å². The summed E-state index contributed by atoms with van der Waals surface area (Å²) >= 11 is 12.0. The second kappa shape index (κ2) is 10.1. The molecule has 2 heterocycles. The maximum absolute atomic E-state index is 13.0. The van der Waals surface area contributed by atoms with Crippen LogP contribution in [0.1, 0.15) is 18.9 Å². The Morgan fingerprint density at radius 2 is 1.89 bits per heavy atom. The third-order valence-corrected chi connectivity index (χ3v) is 6.04. The maximum atomic E-state index is 13.0. The van der Waals surface area contributed by atoms with Gasteiger partial charge in [-0.3, -0.25) is 14.5 Å². The number of piperazine rings is 1. The van der Waals surface area contributed by atoms with Crippen molar-refractivity contribution in [1.29, 1.82) is 0 Å². The topological polar surface area (TPSA) is 64.1 Å². The van der Waals surface area contributed by atoms with Crippen LogP contribution in [0.4, 0.5) is 0 Å². The summed E-state index contributed by atoms with van der Waals surface area (Å²) in [5, 5.41) is 10.7. The van der Waals surface area contributed by atoms with Crippen LogP contribution in [0, 0.1) is 0 Å². The van der Waals surface area contributed by atoms with Crippen LogP contribution >= 0.6 is 35.6 Å². The smallest absolute Gasteiger partial charge is 0.227 e. The minimum absolute atomic E-state index is 0. The molecule has 1 aromatic carbocycles. The molecule has 2 amide bonds. The highest BCUT2D eigenvalue weighted by Crippen LogP contribution is 2.24. The van der Waals surface area contributed by atoms with Crippen molar-refractivity contribution in [2.75, 3.05) is 39.3 Å². The Bertz CT molecular complexity index is 719. The van der Waals surface area contributed by atoms with E-state index in [-0.39, 0.29) is 42.8 Å². The van der Waals surface area contributed by atoms with Crippen LogP contribution in [0.3, 0.4) is 0 Å². The summed E-state index contributed by atoms with van der Waals surface area (Å²) in [6.45, 7) is 5.23. The number of β-amino-alcohol motifs (C(OH)–C–C–N with tert-alkyl or cyclic N) is 1. The van der Waals surface area contributed by atoms with Crippen molar-refractivity contribution in [3.63, 3.8) is 0 Å². The average molecular weight is 451 g/mol. The molecule has 0 spiro atoms. The van der Waals surface area contributed by atoms with E-state index in [4.69, 9.17) is 23.2 Å². The van der Waals surface area contributed by atoms with Crippen LogP contribution in [0.2, 0.25) is 10.0 Å². The van der Waals surface area contributed by atoms with Crippen LogP contribution in [-0.4, -0.2) is 83.0 Å². The van der Waals surface area contributed by atoms with E-state index in [0.717, 1.165) is 18.5 Å². The SMILES string of the molecule is CC(=O)N1CCN(C(=O)Cc2ccc(Cl)c(Cl)c2)C(CN2CCC(O)C2)C1.Cl. The first-order valence-corrected chi connectivity index (χ1v) is 9.98. The molecule has 0 radical (unpaired) electrons. The highest BCUT2D eigenvalue weighted by atomic mass is 35.5. The van der Waals surface area contributed by atoms with Gasteiger partial charge in [-0.15, -0.1) is 12.4 Å². The molecule has 9 heteroatoms. The molecule has 2 aliphatic rings. The van der Waals surface area contributed by atoms with Gasteiger partial charge in [-0.05, 0) is 24.1 Å². The van der Waals surface area contributed by atoms with Crippen molar-refractivity contribution in [3.05, 3.63) is 33.8 Å². The van der Waals surface area contributed by atoms with Crippen molar-refractivity contribution in [3.8, 4) is 0 Å². The molecule has 1 aromatic rings. The van der Waals surface area contributed by atoms with Crippen LogP contribution in [0.25, 0.3) is 0 Å². The Balaban J connectivity index is 0.00000280. The lowest BCUT2D eigenvalue weighted by Gasteiger charge is -2.42. The number of carbonyl (C=O) groups is 2. The molecule has 156 valence electrons. The predicted molar refractivity (Wildman–Crippen MR) is 112 cm³/mol. The van der Waals surface area contributed by atoms with Crippen LogP contribution in [0.15, 0.2) is 18.2 Å². The molecule has 2 fully saturated rings. The average Bonchev–Trinajstić information content (AvgIpc) is 3.02. The molecular formula is C19H26Cl3N3O3.